The molecule has 5 nitrogen and oxygen atoms in total. The molecule has 1 aromatic carbocycles. The van der Waals surface area contributed by atoms with Gasteiger partial charge in [-0.05, 0) is 23.1 Å². The number of hydrogen-bond donors (Lipinski definition) is 2. The number of rotatable bonds is 5. The van der Waals surface area contributed by atoms with Crippen molar-refractivity contribution in [3.63, 3.8) is 0 Å². The molecule has 0 aliphatic carbocycles. The highest BCUT2D eigenvalue weighted by Gasteiger charge is 2.15. The largest absolute Gasteiger partial charge is 0.481 e. The average molecular weight is 315 g/mol. The van der Waals surface area contributed by atoms with Crippen LogP contribution >= 0.6 is 0 Å². The standard InChI is InChI=1S/C18H21NO4/c1-18(2,3)13-6-4-12(5-7-13)14-8-9-15(23-14)17(22)19-11-10-16(20)21/h4-9H,10-11H2,1-3H3,(H,19,22)(H,20,21). The van der Waals surface area contributed by atoms with Gasteiger partial charge >= 0.3 is 5.97 Å². The molecule has 0 aliphatic rings. The molecule has 0 atom stereocenters. The highest BCUT2D eigenvalue weighted by atomic mass is 16.4. The number of carbonyl (C=O) groups excluding carboxylic acids is 1. The van der Waals surface area contributed by atoms with E-state index in [0.29, 0.717) is 5.76 Å². The Labute approximate surface area is 135 Å². The van der Waals surface area contributed by atoms with Crippen molar-refractivity contribution in [2.24, 2.45) is 0 Å². The number of furan rings is 1. The van der Waals surface area contributed by atoms with Crippen LogP contribution < -0.4 is 5.32 Å². The number of benzene rings is 1. The fourth-order valence-corrected chi connectivity index (χ4v) is 2.12. The minimum atomic E-state index is -0.954. The molecule has 0 fully saturated rings. The fourth-order valence-electron chi connectivity index (χ4n) is 2.12. The topological polar surface area (TPSA) is 79.5 Å². The number of hydrogen-bond acceptors (Lipinski definition) is 3. The van der Waals surface area contributed by atoms with Crippen molar-refractivity contribution in [3.05, 3.63) is 47.7 Å². The second-order valence-electron chi connectivity index (χ2n) is 6.39. The summed E-state index contributed by atoms with van der Waals surface area (Å²) >= 11 is 0. The van der Waals surface area contributed by atoms with Gasteiger partial charge in [0.25, 0.3) is 5.91 Å². The van der Waals surface area contributed by atoms with E-state index in [4.69, 9.17) is 9.52 Å². The van der Waals surface area contributed by atoms with Gasteiger partial charge in [0.2, 0.25) is 0 Å². The number of carboxylic acids is 1. The predicted octanol–water partition coefficient (Wildman–Crippen LogP) is 3.45. The van der Waals surface area contributed by atoms with Gasteiger partial charge in [0.15, 0.2) is 5.76 Å². The van der Waals surface area contributed by atoms with Crippen LogP contribution in [-0.2, 0) is 10.2 Å². The smallest absolute Gasteiger partial charge is 0.305 e. The third kappa shape index (κ3) is 4.45. The van der Waals surface area contributed by atoms with Gasteiger partial charge in [0, 0.05) is 12.1 Å². The van der Waals surface area contributed by atoms with Crippen LogP contribution in [0.15, 0.2) is 40.8 Å². The Morgan fingerprint density at radius 2 is 1.74 bits per heavy atom. The number of aliphatic carboxylic acids is 1. The molecule has 5 heteroatoms. The Morgan fingerprint density at radius 3 is 2.30 bits per heavy atom. The minimum absolute atomic E-state index is 0.0739. The molecule has 2 aromatic rings. The molecular weight excluding hydrogens is 294 g/mol. The molecule has 0 spiro atoms. The molecule has 0 radical (unpaired) electrons. The molecule has 1 aromatic heterocycles. The van der Waals surface area contributed by atoms with Gasteiger partial charge in [0.1, 0.15) is 5.76 Å². The van der Waals surface area contributed by atoms with Crippen molar-refractivity contribution in [1.82, 2.24) is 5.32 Å². The lowest BCUT2D eigenvalue weighted by molar-refractivity contribution is -0.136. The summed E-state index contributed by atoms with van der Waals surface area (Å²) in [6.07, 6.45) is -0.117. The normalized spacial score (nSPS) is 11.3. The van der Waals surface area contributed by atoms with E-state index < -0.39 is 11.9 Å². The zero-order valence-corrected chi connectivity index (χ0v) is 13.6. The van der Waals surface area contributed by atoms with Crippen molar-refractivity contribution in [1.29, 1.82) is 0 Å². The van der Waals surface area contributed by atoms with Gasteiger partial charge in [-0.2, -0.15) is 0 Å². The molecule has 0 unspecified atom stereocenters. The van der Waals surface area contributed by atoms with Crippen LogP contribution in [0.4, 0.5) is 0 Å². The fraction of sp³-hybridized carbons (Fsp3) is 0.333. The van der Waals surface area contributed by atoms with Crippen LogP contribution in [0.2, 0.25) is 0 Å². The van der Waals surface area contributed by atoms with Crippen LogP contribution in [0.25, 0.3) is 11.3 Å². The van der Waals surface area contributed by atoms with Gasteiger partial charge in [-0.1, -0.05) is 45.0 Å². The van der Waals surface area contributed by atoms with Gasteiger partial charge in [0.05, 0.1) is 6.42 Å². The van der Waals surface area contributed by atoms with E-state index in [9.17, 15) is 9.59 Å². The molecule has 0 saturated carbocycles. The molecule has 23 heavy (non-hydrogen) atoms. The van der Waals surface area contributed by atoms with Gasteiger partial charge in [-0.25, -0.2) is 0 Å². The van der Waals surface area contributed by atoms with Crippen LogP contribution in [0, 0.1) is 0 Å². The summed E-state index contributed by atoms with van der Waals surface area (Å²) in [5, 5.41) is 11.1. The molecular formula is C18H21NO4. The van der Waals surface area contributed by atoms with E-state index in [2.05, 4.69) is 26.1 Å². The Kier molecular flexibility index (Phi) is 4.89. The summed E-state index contributed by atoms with van der Waals surface area (Å²) in [6.45, 7) is 6.52. The van der Waals surface area contributed by atoms with Crippen molar-refractivity contribution in [3.8, 4) is 11.3 Å². The Hall–Kier alpha value is -2.56. The van der Waals surface area contributed by atoms with Crippen molar-refractivity contribution < 1.29 is 19.1 Å². The molecule has 1 amide bonds. The second-order valence-corrected chi connectivity index (χ2v) is 6.39. The zero-order chi connectivity index (χ0) is 17.0. The molecule has 0 saturated heterocycles. The maximum absolute atomic E-state index is 11.9. The zero-order valence-electron chi connectivity index (χ0n) is 13.6. The maximum Gasteiger partial charge on any atom is 0.305 e. The van der Waals surface area contributed by atoms with Crippen LogP contribution in [0.1, 0.15) is 43.3 Å². The number of carboxylic acid groups (broad SMARTS) is 1. The third-order valence-corrected chi connectivity index (χ3v) is 3.49. The molecule has 2 rings (SSSR count). The van der Waals surface area contributed by atoms with E-state index >= 15 is 0 Å². The Bertz CT molecular complexity index is 693. The summed E-state index contributed by atoms with van der Waals surface area (Å²) in [6, 6.07) is 11.3. The predicted molar refractivity (Wildman–Crippen MR) is 87.4 cm³/mol. The van der Waals surface area contributed by atoms with Gasteiger partial charge in [-0.15, -0.1) is 0 Å². The first kappa shape index (κ1) is 16.8. The summed E-state index contributed by atoms with van der Waals surface area (Å²) in [7, 11) is 0. The van der Waals surface area contributed by atoms with E-state index in [1.54, 1.807) is 12.1 Å². The van der Waals surface area contributed by atoms with E-state index in [-0.39, 0.29) is 24.1 Å². The van der Waals surface area contributed by atoms with E-state index in [1.807, 2.05) is 24.3 Å². The van der Waals surface area contributed by atoms with Gasteiger partial charge in [-0.3, -0.25) is 9.59 Å². The lowest BCUT2D eigenvalue weighted by Gasteiger charge is -2.18. The summed E-state index contributed by atoms with van der Waals surface area (Å²) in [5.74, 6) is -0.590. The first-order valence-corrected chi connectivity index (χ1v) is 7.48. The van der Waals surface area contributed by atoms with Crippen molar-refractivity contribution in [2.45, 2.75) is 32.6 Å². The van der Waals surface area contributed by atoms with Crippen molar-refractivity contribution in [2.75, 3.05) is 6.54 Å². The first-order chi connectivity index (χ1) is 10.8. The van der Waals surface area contributed by atoms with Gasteiger partial charge < -0.3 is 14.8 Å². The number of carbonyl (C=O) groups is 2. The SMILES string of the molecule is CC(C)(C)c1ccc(-c2ccc(C(=O)NCCC(=O)O)o2)cc1. The van der Waals surface area contributed by atoms with Crippen LogP contribution in [-0.4, -0.2) is 23.5 Å². The Morgan fingerprint density at radius 1 is 1.09 bits per heavy atom. The average Bonchev–Trinajstić information content (AvgIpc) is 2.96. The highest BCUT2D eigenvalue weighted by Crippen LogP contribution is 2.27. The molecule has 1 heterocycles. The second kappa shape index (κ2) is 6.69. The van der Waals surface area contributed by atoms with Crippen molar-refractivity contribution >= 4 is 11.9 Å². The summed E-state index contributed by atoms with van der Waals surface area (Å²) in [4.78, 5) is 22.3. The quantitative estimate of drug-likeness (QED) is 0.885. The maximum atomic E-state index is 11.9. The number of amides is 1. The van der Waals surface area contributed by atoms with E-state index in [0.717, 1.165) is 5.56 Å². The Balaban J connectivity index is 2.07. The first-order valence-electron chi connectivity index (χ1n) is 7.48. The minimum Gasteiger partial charge on any atom is -0.481 e. The summed E-state index contributed by atoms with van der Waals surface area (Å²) < 4.78 is 5.56. The lowest BCUT2D eigenvalue weighted by atomic mass is 9.86. The third-order valence-electron chi connectivity index (χ3n) is 3.49. The van der Waals surface area contributed by atoms with Crippen LogP contribution in [0.5, 0.6) is 0 Å². The van der Waals surface area contributed by atoms with Crippen LogP contribution in [0.3, 0.4) is 0 Å². The highest BCUT2D eigenvalue weighted by molar-refractivity contribution is 5.92. The monoisotopic (exact) mass is 315 g/mol. The summed E-state index contributed by atoms with van der Waals surface area (Å²) in [5.41, 5.74) is 2.19. The molecule has 122 valence electrons. The number of nitrogens with one attached hydrogen (secondary N) is 1. The van der Waals surface area contributed by atoms with E-state index in [1.165, 1.54) is 5.56 Å². The molecule has 2 N–H and O–H groups in total. The lowest BCUT2D eigenvalue weighted by Crippen LogP contribution is -2.25. The molecule has 0 bridgehead atoms. The molecule has 0 aliphatic heterocycles.